The van der Waals surface area contributed by atoms with Crippen LogP contribution in [0.3, 0.4) is 0 Å². The lowest BCUT2D eigenvalue weighted by molar-refractivity contribution is 0.104. The van der Waals surface area contributed by atoms with Crippen molar-refractivity contribution in [2.24, 2.45) is 0 Å². The van der Waals surface area contributed by atoms with Crippen molar-refractivity contribution >= 4 is 0 Å². The van der Waals surface area contributed by atoms with Crippen LogP contribution in [-0.2, 0) is 19.5 Å². The molecule has 1 aliphatic rings. The molecule has 3 aromatic carbocycles. The fourth-order valence-electron chi connectivity index (χ4n) is 3.57. The van der Waals surface area contributed by atoms with Gasteiger partial charge in [-0.25, -0.2) is 0 Å². The first-order chi connectivity index (χ1) is 13.8. The Hall–Kier alpha value is -2.82. The molecule has 4 nitrogen and oxygen atoms in total. The van der Waals surface area contributed by atoms with Gasteiger partial charge in [-0.1, -0.05) is 66.7 Å². The van der Waals surface area contributed by atoms with Crippen LogP contribution < -0.4 is 9.47 Å². The van der Waals surface area contributed by atoms with Crippen molar-refractivity contribution < 1.29 is 14.6 Å². The molecular formula is C24H25NO3. The smallest absolute Gasteiger partial charge is 0.231 e. The van der Waals surface area contributed by atoms with Gasteiger partial charge in [0.15, 0.2) is 11.5 Å². The Morgan fingerprint density at radius 2 is 1.39 bits per heavy atom. The molecule has 0 saturated heterocycles. The van der Waals surface area contributed by atoms with E-state index in [-0.39, 0.29) is 6.79 Å². The summed E-state index contributed by atoms with van der Waals surface area (Å²) in [7, 11) is 0. The van der Waals surface area contributed by atoms with Gasteiger partial charge in [-0.3, -0.25) is 4.90 Å². The third-order valence-electron chi connectivity index (χ3n) is 4.88. The quantitative estimate of drug-likeness (QED) is 0.646. The molecule has 4 rings (SSSR count). The third-order valence-corrected chi connectivity index (χ3v) is 4.88. The summed E-state index contributed by atoms with van der Waals surface area (Å²) in [4.78, 5) is 2.28. The molecule has 0 aliphatic carbocycles. The van der Waals surface area contributed by atoms with Crippen molar-refractivity contribution in [2.75, 3.05) is 13.3 Å². The van der Waals surface area contributed by atoms with Crippen LogP contribution in [0.15, 0.2) is 78.9 Å². The molecule has 3 aromatic rings. The lowest BCUT2D eigenvalue weighted by Crippen LogP contribution is -2.33. The Bertz CT molecular complexity index is 883. The zero-order valence-corrected chi connectivity index (χ0v) is 15.8. The summed E-state index contributed by atoms with van der Waals surface area (Å²) in [6, 6.07) is 26.6. The van der Waals surface area contributed by atoms with Gasteiger partial charge in [0, 0.05) is 19.6 Å². The van der Waals surface area contributed by atoms with Gasteiger partial charge in [-0.05, 0) is 35.2 Å². The van der Waals surface area contributed by atoms with Crippen molar-refractivity contribution in [2.45, 2.75) is 25.6 Å². The van der Waals surface area contributed by atoms with E-state index >= 15 is 0 Å². The molecule has 144 valence electrons. The second kappa shape index (κ2) is 8.91. The lowest BCUT2D eigenvalue weighted by atomic mass is 10.1. The zero-order chi connectivity index (χ0) is 19.2. The number of rotatable bonds is 8. The third kappa shape index (κ3) is 4.91. The first-order valence-corrected chi connectivity index (χ1v) is 9.63. The zero-order valence-electron chi connectivity index (χ0n) is 15.8. The average Bonchev–Trinajstić information content (AvgIpc) is 3.17. The van der Waals surface area contributed by atoms with Crippen LogP contribution in [0.5, 0.6) is 11.5 Å². The van der Waals surface area contributed by atoms with E-state index in [2.05, 4.69) is 47.4 Å². The molecule has 1 N–H and O–H groups in total. The molecule has 0 spiro atoms. The van der Waals surface area contributed by atoms with Gasteiger partial charge in [0.05, 0.1) is 6.10 Å². The van der Waals surface area contributed by atoms with Crippen LogP contribution in [0.25, 0.3) is 0 Å². The van der Waals surface area contributed by atoms with Crippen LogP contribution >= 0.6 is 0 Å². The van der Waals surface area contributed by atoms with Gasteiger partial charge in [0.2, 0.25) is 6.79 Å². The summed E-state index contributed by atoms with van der Waals surface area (Å²) in [5.74, 6) is 1.59. The molecule has 0 radical (unpaired) electrons. The Labute approximate surface area is 166 Å². The fourth-order valence-corrected chi connectivity index (χ4v) is 3.57. The average molecular weight is 375 g/mol. The van der Waals surface area contributed by atoms with Gasteiger partial charge in [0.1, 0.15) is 0 Å². The molecule has 1 atom stereocenters. The molecule has 1 heterocycles. The first-order valence-electron chi connectivity index (χ1n) is 9.63. The number of hydrogen-bond acceptors (Lipinski definition) is 4. The maximum Gasteiger partial charge on any atom is 0.231 e. The lowest BCUT2D eigenvalue weighted by Gasteiger charge is -2.25. The monoisotopic (exact) mass is 375 g/mol. The number of fused-ring (bicyclic) bond motifs is 1. The van der Waals surface area contributed by atoms with Crippen LogP contribution in [0.4, 0.5) is 0 Å². The Balaban J connectivity index is 1.46. The highest BCUT2D eigenvalue weighted by Gasteiger charge is 2.17. The van der Waals surface area contributed by atoms with Crippen LogP contribution in [0, 0.1) is 0 Å². The summed E-state index contributed by atoms with van der Waals surface area (Å²) in [6.45, 7) is 2.39. The Morgan fingerprint density at radius 1 is 0.750 bits per heavy atom. The maximum atomic E-state index is 10.7. The van der Waals surface area contributed by atoms with Crippen LogP contribution in [0.2, 0.25) is 0 Å². The van der Waals surface area contributed by atoms with E-state index in [0.29, 0.717) is 13.0 Å². The highest BCUT2D eigenvalue weighted by atomic mass is 16.7. The molecule has 28 heavy (non-hydrogen) atoms. The van der Waals surface area contributed by atoms with E-state index in [1.165, 1.54) is 5.56 Å². The summed E-state index contributed by atoms with van der Waals surface area (Å²) in [5.41, 5.74) is 3.53. The van der Waals surface area contributed by atoms with Crippen molar-refractivity contribution in [1.82, 2.24) is 4.90 Å². The molecular weight excluding hydrogens is 350 g/mol. The Morgan fingerprint density at radius 3 is 2.14 bits per heavy atom. The van der Waals surface area contributed by atoms with Crippen molar-refractivity contribution in [3.8, 4) is 11.5 Å². The van der Waals surface area contributed by atoms with Gasteiger partial charge in [0.25, 0.3) is 0 Å². The predicted molar refractivity (Wildman–Crippen MR) is 109 cm³/mol. The molecule has 0 amide bonds. The number of aliphatic hydroxyl groups is 1. The largest absolute Gasteiger partial charge is 0.454 e. The summed E-state index contributed by atoms with van der Waals surface area (Å²) in [6.07, 6.45) is 0.216. The van der Waals surface area contributed by atoms with E-state index in [4.69, 9.17) is 9.47 Å². The van der Waals surface area contributed by atoms with Gasteiger partial charge in [-0.15, -0.1) is 0 Å². The summed E-state index contributed by atoms with van der Waals surface area (Å²) in [5, 5.41) is 10.7. The van der Waals surface area contributed by atoms with Gasteiger partial charge < -0.3 is 14.6 Å². The van der Waals surface area contributed by atoms with Crippen molar-refractivity contribution in [3.63, 3.8) is 0 Å². The molecule has 1 aliphatic heterocycles. The molecule has 0 fully saturated rings. The van der Waals surface area contributed by atoms with E-state index in [1.807, 2.05) is 36.4 Å². The van der Waals surface area contributed by atoms with Crippen molar-refractivity contribution in [1.29, 1.82) is 0 Å². The molecule has 0 aromatic heterocycles. The number of hydrogen-bond donors (Lipinski definition) is 1. The standard InChI is InChI=1S/C24H25NO3/c26-22(13-19-7-3-1-4-8-19)17-25(15-20-9-5-2-6-10-20)16-21-11-12-23-24(14-21)28-18-27-23/h1-12,14,22,26H,13,15-18H2. The number of benzene rings is 3. The van der Waals surface area contributed by atoms with Gasteiger partial charge >= 0.3 is 0 Å². The van der Waals surface area contributed by atoms with Crippen molar-refractivity contribution in [3.05, 3.63) is 95.6 Å². The molecule has 1 unspecified atom stereocenters. The second-order valence-corrected chi connectivity index (χ2v) is 7.19. The minimum Gasteiger partial charge on any atom is -0.454 e. The maximum absolute atomic E-state index is 10.7. The Kier molecular flexibility index (Phi) is 5.90. The normalized spacial score (nSPS) is 13.6. The molecule has 4 heteroatoms. The fraction of sp³-hybridized carbons (Fsp3) is 0.250. The highest BCUT2D eigenvalue weighted by Crippen LogP contribution is 2.33. The van der Waals surface area contributed by atoms with E-state index in [9.17, 15) is 5.11 Å². The molecule has 0 saturated carbocycles. The summed E-state index contributed by atoms with van der Waals surface area (Å²) >= 11 is 0. The number of aliphatic hydroxyl groups excluding tert-OH is 1. The topological polar surface area (TPSA) is 41.9 Å². The predicted octanol–water partition coefficient (Wildman–Crippen LogP) is 4.02. The van der Waals surface area contributed by atoms with Crippen LogP contribution in [0.1, 0.15) is 16.7 Å². The van der Waals surface area contributed by atoms with Crippen LogP contribution in [-0.4, -0.2) is 29.4 Å². The summed E-state index contributed by atoms with van der Waals surface area (Å²) < 4.78 is 10.9. The SMILES string of the molecule is OC(Cc1ccccc1)CN(Cc1ccccc1)Cc1ccc2c(c1)OCO2. The van der Waals surface area contributed by atoms with Gasteiger partial charge in [-0.2, -0.15) is 0 Å². The minimum atomic E-state index is -0.430. The number of nitrogens with zero attached hydrogens (tertiary/aromatic N) is 1. The highest BCUT2D eigenvalue weighted by molar-refractivity contribution is 5.44. The first kappa shape index (κ1) is 18.5. The number of ether oxygens (including phenoxy) is 2. The second-order valence-electron chi connectivity index (χ2n) is 7.19. The van der Waals surface area contributed by atoms with E-state index in [0.717, 1.165) is 35.7 Å². The molecule has 0 bridgehead atoms. The van der Waals surface area contributed by atoms with E-state index < -0.39 is 6.10 Å². The minimum absolute atomic E-state index is 0.280. The van der Waals surface area contributed by atoms with E-state index in [1.54, 1.807) is 0 Å².